The highest BCUT2D eigenvalue weighted by Gasteiger charge is 2.14. The Bertz CT molecular complexity index is 153. The molecule has 0 fully saturated rings. The largest absolute Gasteiger partial charge is 0.516 e. The maximum Gasteiger partial charge on any atom is 0.124 e. The van der Waals surface area contributed by atoms with Crippen molar-refractivity contribution in [1.29, 1.82) is 0 Å². The van der Waals surface area contributed by atoms with Crippen LogP contribution >= 0.6 is 0 Å². The standard InChI is InChI=1S/C8H14O3/c1-8(2,11)5-7(6-10)3-4-9/h4,6,10-11H,3,5H2,1-2H3. The van der Waals surface area contributed by atoms with Gasteiger partial charge in [0, 0.05) is 12.8 Å². The van der Waals surface area contributed by atoms with Gasteiger partial charge in [0.25, 0.3) is 0 Å². The van der Waals surface area contributed by atoms with Gasteiger partial charge in [-0.15, -0.1) is 0 Å². The Morgan fingerprint density at radius 2 is 2.09 bits per heavy atom. The summed E-state index contributed by atoms with van der Waals surface area (Å²) in [6.45, 7) is 3.25. The van der Waals surface area contributed by atoms with Crippen molar-refractivity contribution in [3.63, 3.8) is 0 Å². The lowest BCUT2D eigenvalue weighted by Gasteiger charge is -2.17. The Morgan fingerprint density at radius 1 is 1.55 bits per heavy atom. The summed E-state index contributed by atoms with van der Waals surface area (Å²) in [6.07, 6.45) is 2.09. The molecule has 11 heavy (non-hydrogen) atoms. The smallest absolute Gasteiger partial charge is 0.124 e. The van der Waals surface area contributed by atoms with Crippen molar-refractivity contribution in [2.45, 2.75) is 32.3 Å². The highest BCUT2D eigenvalue weighted by molar-refractivity contribution is 5.54. The molecule has 0 saturated heterocycles. The lowest BCUT2D eigenvalue weighted by atomic mass is 9.98. The minimum absolute atomic E-state index is 0.181. The van der Waals surface area contributed by atoms with Crippen LogP contribution in [0.4, 0.5) is 0 Å². The van der Waals surface area contributed by atoms with Crippen molar-refractivity contribution in [1.82, 2.24) is 0 Å². The van der Waals surface area contributed by atoms with Gasteiger partial charge in [0.15, 0.2) is 0 Å². The topological polar surface area (TPSA) is 57.5 Å². The molecule has 64 valence electrons. The highest BCUT2D eigenvalue weighted by atomic mass is 16.3. The molecular weight excluding hydrogens is 144 g/mol. The van der Waals surface area contributed by atoms with E-state index in [4.69, 9.17) is 5.11 Å². The highest BCUT2D eigenvalue weighted by Crippen LogP contribution is 2.16. The predicted octanol–water partition coefficient (Wildman–Crippen LogP) is 1.18. The average Bonchev–Trinajstić information content (AvgIpc) is 1.84. The number of carbonyl (C=O) groups is 1. The summed E-state index contributed by atoms with van der Waals surface area (Å²) in [7, 11) is 0. The summed E-state index contributed by atoms with van der Waals surface area (Å²) >= 11 is 0. The van der Waals surface area contributed by atoms with E-state index >= 15 is 0 Å². The number of aldehydes is 1. The SMILES string of the molecule is CC(C)(O)CC(=CO)CC=O. The number of rotatable bonds is 4. The molecule has 0 atom stereocenters. The van der Waals surface area contributed by atoms with E-state index < -0.39 is 5.60 Å². The Labute approximate surface area is 66.4 Å². The first-order valence-electron chi connectivity index (χ1n) is 3.48. The summed E-state index contributed by atoms with van der Waals surface area (Å²) in [6, 6.07) is 0. The molecule has 0 rings (SSSR count). The Kier molecular flexibility index (Phi) is 3.82. The van der Waals surface area contributed by atoms with Crippen molar-refractivity contribution < 1.29 is 15.0 Å². The van der Waals surface area contributed by atoms with E-state index in [2.05, 4.69) is 0 Å². The summed E-state index contributed by atoms with van der Waals surface area (Å²) in [5.41, 5.74) is -0.315. The molecule has 3 heteroatoms. The van der Waals surface area contributed by atoms with Crippen molar-refractivity contribution >= 4 is 6.29 Å². The first kappa shape index (κ1) is 10.2. The Balaban J connectivity index is 4.00. The zero-order valence-corrected chi connectivity index (χ0v) is 6.87. The molecule has 0 aliphatic heterocycles. The summed E-state index contributed by atoms with van der Waals surface area (Å²) in [5.74, 6) is 0. The molecule has 0 heterocycles. The maximum absolute atomic E-state index is 10.0. The van der Waals surface area contributed by atoms with Crippen LogP contribution in [0.3, 0.4) is 0 Å². The molecule has 0 aromatic heterocycles. The van der Waals surface area contributed by atoms with Gasteiger partial charge in [0.2, 0.25) is 0 Å². The van der Waals surface area contributed by atoms with Crippen LogP contribution in [0.5, 0.6) is 0 Å². The number of hydrogen-bond donors (Lipinski definition) is 2. The van der Waals surface area contributed by atoms with Crippen LogP contribution in [-0.4, -0.2) is 22.1 Å². The van der Waals surface area contributed by atoms with Gasteiger partial charge >= 0.3 is 0 Å². The maximum atomic E-state index is 10.0. The number of hydrogen-bond acceptors (Lipinski definition) is 3. The zero-order valence-electron chi connectivity index (χ0n) is 6.87. The third-order valence-corrected chi connectivity index (χ3v) is 1.19. The van der Waals surface area contributed by atoms with Crippen LogP contribution < -0.4 is 0 Å². The minimum Gasteiger partial charge on any atom is -0.516 e. The fraction of sp³-hybridized carbons (Fsp3) is 0.625. The van der Waals surface area contributed by atoms with E-state index in [-0.39, 0.29) is 6.42 Å². The first-order chi connectivity index (χ1) is 4.99. The van der Waals surface area contributed by atoms with Crippen LogP contribution in [0.25, 0.3) is 0 Å². The number of aliphatic hydroxyl groups is 2. The molecule has 0 bridgehead atoms. The van der Waals surface area contributed by atoms with Gasteiger partial charge in [-0.3, -0.25) is 0 Å². The van der Waals surface area contributed by atoms with Crippen LogP contribution in [0.1, 0.15) is 26.7 Å². The molecule has 0 aliphatic rings. The van der Waals surface area contributed by atoms with Gasteiger partial charge in [-0.05, 0) is 19.4 Å². The summed E-state index contributed by atoms with van der Waals surface area (Å²) in [4.78, 5) is 10.0. The molecule has 0 spiro atoms. The van der Waals surface area contributed by atoms with Gasteiger partial charge in [0.1, 0.15) is 6.29 Å². The Hall–Kier alpha value is -0.830. The third-order valence-electron chi connectivity index (χ3n) is 1.19. The van der Waals surface area contributed by atoms with E-state index in [9.17, 15) is 9.90 Å². The normalized spacial score (nSPS) is 13.2. The predicted molar refractivity (Wildman–Crippen MR) is 42.3 cm³/mol. The van der Waals surface area contributed by atoms with Gasteiger partial charge < -0.3 is 15.0 Å². The van der Waals surface area contributed by atoms with Crippen molar-refractivity contribution in [2.75, 3.05) is 0 Å². The van der Waals surface area contributed by atoms with Gasteiger partial charge in [-0.1, -0.05) is 0 Å². The zero-order chi connectivity index (χ0) is 8.91. The third kappa shape index (κ3) is 5.61. The molecule has 0 aromatic carbocycles. The average molecular weight is 158 g/mol. The van der Waals surface area contributed by atoms with Crippen LogP contribution in [0.2, 0.25) is 0 Å². The van der Waals surface area contributed by atoms with E-state index in [1.165, 1.54) is 0 Å². The molecule has 0 unspecified atom stereocenters. The number of aliphatic hydroxyl groups excluding tert-OH is 1. The van der Waals surface area contributed by atoms with Crippen molar-refractivity contribution in [2.24, 2.45) is 0 Å². The quantitative estimate of drug-likeness (QED) is 0.477. The van der Waals surface area contributed by atoms with Crippen molar-refractivity contribution in [3.8, 4) is 0 Å². The molecular formula is C8H14O3. The molecule has 0 aliphatic carbocycles. The second-order valence-electron chi connectivity index (χ2n) is 3.15. The van der Waals surface area contributed by atoms with E-state index in [0.29, 0.717) is 18.3 Å². The molecule has 3 nitrogen and oxygen atoms in total. The van der Waals surface area contributed by atoms with Crippen LogP contribution in [0.15, 0.2) is 11.8 Å². The van der Waals surface area contributed by atoms with Gasteiger partial charge in [-0.2, -0.15) is 0 Å². The molecule has 0 radical (unpaired) electrons. The Morgan fingerprint density at radius 3 is 2.36 bits per heavy atom. The molecule has 0 aromatic rings. The molecule has 2 N–H and O–H groups in total. The monoisotopic (exact) mass is 158 g/mol. The fourth-order valence-corrected chi connectivity index (χ4v) is 0.833. The van der Waals surface area contributed by atoms with Gasteiger partial charge in [0.05, 0.1) is 11.9 Å². The van der Waals surface area contributed by atoms with Crippen LogP contribution in [0, 0.1) is 0 Å². The minimum atomic E-state index is -0.864. The molecule has 0 amide bonds. The fourth-order valence-electron chi connectivity index (χ4n) is 0.833. The second-order valence-corrected chi connectivity index (χ2v) is 3.15. The first-order valence-corrected chi connectivity index (χ1v) is 3.48. The van der Waals surface area contributed by atoms with E-state index in [1.807, 2.05) is 0 Å². The lowest BCUT2D eigenvalue weighted by Crippen LogP contribution is -2.19. The molecule has 0 saturated carbocycles. The van der Waals surface area contributed by atoms with Gasteiger partial charge in [-0.25, -0.2) is 0 Å². The second kappa shape index (κ2) is 4.13. The van der Waals surface area contributed by atoms with Crippen LogP contribution in [-0.2, 0) is 4.79 Å². The summed E-state index contributed by atoms with van der Waals surface area (Å²) in [5, 5.41) is 17.9. The van der Waals surface area contributed by atoms with E-state index in [0.717, 1.165) is 6.26 Å². The van der Waals surface area contributed by atoms with Crippen molar-refractivity contribution in [3.05, 3.63) is 11.8 Å². The summed E-state index contributed by atoms with van der Waals surface area (Å²) < 4.78 is 0. The van der Waals surface area contributed by atoms with E-state index in [1.54, 1.807) is 13.8 Å². The lowest BCUT2D eigenvalue weighted by molar-refractivity contribution is -0.107. The number of carbonyl (C=O) groups excluding carboxylic acids is 1.